The lowest BCUT2D eigenvalue weighted by atomic mass is 10.1. The predicted molar refractivity (Wildman–Crippen MR) is 184 cm³/mol. The summed E-state index contributed by atoms with van der Waals surface area (Å²) in [6.07, 6.45) is 6.65. The Kier molecular flexibility index (Phi) is 9.71. The number of fused-ring (bicyclic) bond motifs is 2. The number of likely N-dealkylation sites (tertiary alicyclic amines) is 2. The third-order valence-electron chi connectivity index (χ3n) is 8.14. The van der Waals surface area contributed by atoms with Crippen molar-refractivity contribution in [2.24, 2.45) is 0 Å². The van der Waals surface area contributed by atoms with Gasteiger partial charge >= 0.3 is 12.1 Å². The molecule has 2 fully saturated rings. The molecule has 1 unspecified atom stereocenters. The van der Waals surface area contributed by atoms with Crippen molar-refractivity contribution in [2.75, 3.05) is 43.9 Å². The minimum atomic E-state index is -2.86. The van der Waals surface area contributed by atoms with Crippen LogP contribution in [0, 0.1) is 11.6 Å². The molecule has 2 N–H and O–H groups in total. The highest BCUT2D eigenvalue weighted by Gasteiger charge is 2.46. The number of rotatable bonds is 5. The molecule has 6 aromatic rings. The zero-order valence-electron chi connectivity index (χ0n) is 27.4. The molecule has 0 bridgehead atoms. The molecule has 274 valence electrons. The number of carbonyl (C=O) groups is 2. The van der Waals surface area contributed by atoms with Gasteiger partial charge in [0.2, 0.25) is 0 Å². The van der Waals surface area contributed by atoms with Crippen molar-refractivity contribution in [3.05, 3.63) is 82.9 Å². The second-order valence-electron chi connectivity index (χ2n) is 12.0. The van der Waals surface area contributed by atoms with Gasteiger partial charge in [0, 0.05) is 31.6 Å². The van der Waals surface area contributed by atoms with Gasteiger partial charge in [-0.2, -0.15) is 9.97 Å². The summed E-state index contributed by atoms with van der Waals surface area (Å²) in [6, 6.07) is 7.06. The van der Waals surface area contributed by atoms with Crippen LogP contribution >= 0.6 is 23.2 Å². The first-order valence-electron chi connectivity index (χ1n) is 15.7. The molecule has 8 rings (SSSR count). The molecule has 2 aliphatic heterocycles. The van der Waals surface area contributed by atoms with Crippen molar-refractivity contribution in [3.63, 3.8) is 0 Å². The Morgan fingerprint density at radius 3 is 1.75 bits per heavy atom. The van der Waals surface area contributed by atoms with Gasteiger partial charge in [0.1, 0.15) is 11.6 Å². The molecule has 1 atom stereocenters. The Morgan fingerprint density at radius 1 is 0.811 bits per heavy atom. The van der Waals surface area contributed by atoms with Crippen LogP contribution in [0.25, 0.3) is 34.3 Å². The van der Waals surface area contributed by atoms with E-state index in [2.05, 4.69) is 40.8 Å². The number of benzene rings is 2. The first-order valence-corrected chi connectivity index (χ1v) is 16.5. The molecule has 4 aromatic heterocycles. The summed E-state index contributed by atoms with van der Waals surface area (Å²) < 4.78 is 62.1. The van der Waals surface area contributed by atoms with Crippen molar-refractivity contribution in [1.82, 2.24) is 49.0 Å². The van der Waals surface area contributed by atoms with Crippen molar-refractivity contribution in [2.45, 2.75) is 18.4 Å². The van der Waals surface area contributed by atoms with E-state index in [1.54, 1.807) is 12.0 Å². The fourth-order valence-corrected chi connectivity index (χ4v) is 5.74. The molecule has 2 aliphatic rings. The number of alkyl halides is 2. The summed E-state index contributed by atoms with van der Waals surface area (Å²) in [5, 5.41) is 14.3. The molecular formula is C32H26Cl2F4N12O3. The molecule has 21 heteroatoms. The number of ether oxygens (including phenoxy) is 1. The number of aromatic nitrogens is 8. The van der Waals surface area contributed by atoms with Gasteiger partial charge in [-0.1, -0.05) is 23.2 Å². The maximum Gasteiger partial charge on any atom is 0.322 e. The number of carbonyl (C=O) groups excluding carboxylic acids is 2. The molecule has 53 heavy (non-hydrogen) atoms. The Bertz CT molecular complexity index is 2350. The molecule has 0 aliphatic carbocycles. The molecule has 2 aromatic carbocycles. The third-order valence-corrected chi connectivity index (χ3v) is 8.53. The summed E-state index contributed by atoms with van der Waals surface area (Å²) in [5.74, 6) is -3.26. The number of nitrogens with zero attached hydrogens (tertiary/aromatic N) is 10. The highest BCUT2D eigenvalue weighted by atomic mass is 35.5. The van der Waals surface area contributed by atoms with E-state index in [0.29, 0.717) is 34.6 Å². The number of amides is 4. The molecule has 6 heterocycles. The van der Waals surface area contributed by atoms with Gasteiger partial charge in [-0.3, -0.25) is 0 Å². The zero-order valence-corrected chi connectivity index (χ0v) is 28.9. The minimum absolute atomic E-state index is 0.0263. The highest BCUT2D eigenvalue weighted by molar-refractivity contribution is 6.30. The Labute approximate surface area is 306 Å². The van der Waals surface area contributed by atoms with Crippen LogP contribution < -0.4 is 10.6 Å². The third kappa shape index (κ3) is 7.91. The van der Waals surface area contributed by atoms with Crippen molar-refractivity contribution < 1.29 is 31.9 Å². The number of methoxy groups -OCH3 is 1. The Morgan fingerprint density at radius 2 is 1.30 bits per heavy atom. The molecule has 0 spiro atoms. The van der Waals surface area contributed by atoms with Gasteiger partial charge in [-0.25, -0.2) is 46.1 Å². The second-order valence-corrected chi connectivity index (χ2v) is 12.8. The minimum Gasteiger partial charge on any atom is -0.380 e. The maximum atomic E-state index is 14.3. The molecule has 4 amide bonds. The van der Waals surface area contributed by atoms with Crippen LogP contribution in [-0.2, 0) is 4.74 Å². The summed E-state index contributed by atoms with van der Waals surface area (Å²) in [4.78, 5) is 43.3. The van der Waals surface area contributed by atoms with E-state index in [4.69, 9.17) is 27.9 Å². The van der Waals surface area contributed by atoms with Gasteiger partial charge in [0.15, 0.2) is 11.6 Å². The van der Waals surface area contributed by atoms with E-state index in [0.717, 1.165) is 17.4 Å². The quantitative estimate of drug-likeness (QED) is 0.203. The van der Waals surface area contributed by atoms with E-state index in [-0.39, 0.29) is 46.4 Å². The van der Waals surface area contributed by atoms with Crippen molar-refractivity contribution in [1.29, 1.82) is 0 Å². The number of hydrogen-bond donors (Lipinski definition) is 2. The van der Waals surface area contributed by atoms with Gasteiger partial charge < -0.3 is 25.2 Å². The summed E-state index contributed by atoms with van der Waals surface area (Å²) in [5.41, 5.74) is 0.859. The van der Waals surface area contributed by atoms with Gasteiger partial charge in [-0.15, -0.1) is 10.2 Å². The Hall–Kier alpha value is -5.66. The lowest BCUT2D eigenvalue weighted by molar-refractivity contribution is -0.107. The highest BCUT2D eigenvalue weighted by Crippen LogP contribution is 2.29. The molecule has 15 nitrogen and oxygen atoms in total. The normalized spacial score (nSPS) is 16.3. The average molecular weight is 774 g/mol. The smallest absolute Gasteiger partial charge is 0.322 e. The van der Waals surface area contributed by atoms with Gasteiger partial charge in [-0.05, 0) is 42.8 Å². The first-order chi connectivity index (χ1) is 25.3. The Balaban J connectivity index is 0.000000164. The fraction of sp³-hybridized carbons (Fsp3) is 0.250. The number of hydrogen-bond acceptors (Lipinski definition) is 9. The van der Waals surface area contributed by atoms with Crippen LogP contribution in [0.1, 0.15) is 6.42 Å². The SMILES string of the molecule is COC1CCN(C(=O)Nc2ccc(F)c(-c3nc4ncc(Cl)cn4n3)c2)C1.O=C(Nc1ccc(F)c(-c2nc3ncc(Cl)cn3n2)c1)N1CC(F)(F)C1. The fourth-order valence-electron chi connectivity index (χ4n) is 5.46. The second kappa shape index (κ2) is 14.4. The van der Waals surface area contributed by atoms with Crippen LogP contribution in [0.15, 0.2) is 61.2 Å². The van der Waals surface area contributed by atoms with E-state index < -0.39 is 36.7 Å². The maximum absolute atomic E-state index is 14.3. The molecule has 0 saturated carbocycles. The largest absolute Gasteiger partial charge is 0.380 e. The number of halogens is 6. The van der Waals surface area contributed by atoms with E-state index >= 15 is 0 Å². The lowest BCUT2D eigenvalue weighted by Gasteiger charge is -2.38. The van der Waals surface area contributed by atoms with Gasteiger partial charge in [0.25, 0.3) is 17.5 Å². The number of nitrogens with one attached hydrogen (secondary N) is 2. The standard InChI is InChI=1S/C17H16ClFN6O2.C15H10ClF3N6O/c1-27-12-4-5-24(9-12)17(26)21-11-2-3-14(19)13(6-11)15-22-16-20-7-10(18)8-25(16)23-15;16-8-4-20-13-22-12(23-25(13)5-8)10-3-9(1-2-11(10)17)21-14(26)24-6-15(18,19)7-24/h2-3,6-8,12H,4-5,9H2,1H3,(H,21,26);1-5H,6-7H2,(H,21,26). The van der Waals surface area contributed by atoms with Crippen molar-refractivity contribution in [3.8, 4) is 22.8 Å². The van der Waals surface area contributed by atoms with Gasteiger partial charge in [0.05, 0.1) is 65.2 Å². The van der Waals surface area contributed by atoms with E-state index in [1.165, 1.54) is 64.2 Å². The van der Waals surface area contributed by atoms with E-state index in [9.17, 15) is 27.2 Å². The van der Waals surface area contributed by atoms with Crippen LogP contribution in [-0.4, -0.2) is 106 Å². The topological polar surface area (TPSA) is 160 Å². The molecular weight excluding hydrogens is 747 g/mol. The monoisotopic (exact) mass is 772 g/mol. The van der Waals surface area contributed by atoms with E-state index in [1.807, 2.05) is 0 Å². The molecule has 0 radical (unpaired) electrons. The van der Waals surface area contributed by atoms with Crippen LogP contribution in [0.5, 0.6) is 0 Å². The number of anilines is 2. The van der Waals surface area contributed by atoms with Crippen LogP contribution in [0.3, 0.4) is 0 Å². The first kappa shape index (κ1) is 35.7. The predicted octanol–water partition coefficient (Wildman–Crippen LogP) is 5.90. The zero-order chi connectivity index (χ0) is 37.4. The molecule has 2 saturated heterocycles. The van der Waals surface area contributed by atoms with Crippen molar-refractivity contribution >= 4 is 58.2 Å². The summed E-state index contributed by atoms with van der Waals surface area (Å²) in [6.45, 7) is -0.157. The summed E-state index contributed by atoms with van der Waals surface area (Å²) in [7, 11) is 1.63. The van der Waals surface area contributed by atoms with Crippen LogP contribution in [0.2, 0.25) is 10.0 Å². The summed E-state index contributed by atoms with van der Waals surface area (Å²) >= 11 is 11.7. The lowest BCUT2D eigenvalue weighted by Crippen LogP contribution is -2.59. The average Bonchev–Trinajstić information content (AvgIpc) is 3.87. The number of urea groups is 2. The van der Waals surface area contributed by atoms with Crippen LogP contribution in [0.4, 0.5) is 38.5 Å².